The number of imidazole rings is 1. The average Bonchev–Trinajstić information content (AvgIpc) is 3.75. The molecule has 0 aliphatic heterocycles. The van der Waals surface area contributed by atoms with Crippen molar-refractivity contribution >= 4 is 46.4 Å². The Morgan fingerprint density at radius 1 is 0.909 bits per heavy atom. The zero-order chi connectivity index (χ0) is 42.7. The van der Waals surface area contributed by atoms with Crippen molar-refractivity contribution in [1.29, 1.82) is 0 Å². The fourth-order valence-electron chi connectivity index (χ4n) is 6.84. The van der Waals surface area contributed by atoms with Crippen molar-refractivity contribution in [2.24, 2.45) is 5.92 Å². The van der Waals surface area contributed by atoms with Crippen molar-refractivity contribution in [3.63, 3.8) is 0 Å². The molecule has 0 fully saturated rings. The molecule has 4 heterocycles. The molecular weight excluding hydrogens is 869 g/mol. The second kappa shape index (κ2) is 15.8. The SMILES string of the molecule is Cc1ccc2c(n1)oc1c(-c3nc4ccccc4n3-c3ccccc3C(C)(C)C)[c-]ccc12.[2H]C([2H])([2H])c1c[c-]c(-c2cc(C([2H])([2H])C(C)C)c([Si](C)(C)C)cn2)cc1.[Ir]. The van der Waals surface area contributed by atoms with Gasteiger partial charge in [0, 0.05) is 49.9 Å². The second-order valence-corrected chi connectivity index (χ2v) is 21.2. The summed E-state index contributed by atoms with van der Waals surface area (Å²) in [5.41, 5.74) is 9.70. The molecule has 0 saturated heterocycles. The van der Waals surface area contributed by atoms with Gasteiger partial charge in [0.1, 0.15) is 0 Å². The van der Waals surface area contributed by atoms with Crippen molar-refractivity contribution in [2.45, 2.75) is 79.8 Å². The monoisotopic (exact) mass is 924 g/mol. The van der Waals surface area contributed by atoms with E-state index in [9.17, 15) is 0 Å². The minimum atomic E-state index is -2.16. The fraction of sp³-hybridized carbons (Fsp3) is 0.271. The van der Waals surface area contributed by atoms with Crippen molar-refractivity contribution in [1.82, 2.24) is 19.5 Å². The van der Waals surface area contributed by atoms with Gasteiger partial charge in [0.05, 0.1) is 30.5 Å². The Bertz CT molecular complexity index is 2810. The van der Waals surface area contributed by atoms with E-state index in [4.69, 9.17) is 16.3 Å². The largest absolute Gasteiger partial charge is 0.486 e. The molecule has 0 aliphatic carbocycles. The number of fused-ring (bicyclic) bond motifs is 4. The van der Waals surface area contributed by atoms with Crippen LogP contribution in [0.2, 0.25) is 19.6 Å². The van der Waals surface area contributed by atoms with Gasteiger partial charge in [-0.1, -0.05) is 114 Å². The maximum Gasteiger partial charge on any atom is 0.216 e. The van der Waals surface area contributed by atoms with Crippen LogP contribution in [0.1, 0.15) is 63.9 Å². The van der Waals surface area contributed by atoms with Crippen LogP contribution < -0.4 is 5.19 Å². The van der Waals surface area contributed by atoms with Crippen LogP contribution in [-0.2, 0) is 31.9 Å². The zero-order valence-corrected chi connectivity index (χ0v) is 36.3. The predicted octanol–water partition coefficient (Wildman–Crippen LogP) is 12.0. The molecule has 1 radical (unpaired) electrons. The smallest absolute Gasteiger partial charge is 0.216 e. The number of benzene rings is 4. The topological polar surface area (TPSA) is 56.7 Å². The molecular formula is C48H50IrN4OSi-2. The number of nitrogens with zero attached hydrogens (tertiary/aromatic N) is 4. The number of hydrogen-bond donors (Lipinski definition) is 0. The number of aryl methyl sites for hydroxylation is 2. The molecule has 0 saturated carbocycles. The van der Waals surface area contributed by atoms with E-state index in [2.05, 4.69) is 116 Å². The summed E-state index contributed by atoms with van der Waals surface area (Å²) in [5, 5.41) is 3.04. The van der Waals surface area contributed by atoms with Crippen LogP contribution in [0.25, 0.3) is 61.4 Å². The first-order valence-corrected chi connectivity index (χ1v) is 22.0. The molecule has 283 valence electrons. The van der Waals surface area contributed by atoms with Gasteiger partial charge >= 0.3 is 0 Å². The van der Waals surface area contributed by atoms with E-state index in [0.29, 0.717) is 22.5 Å². The summed E-state index contributed by atoms with van der Waals surface area (Å²) in [7, 11) is -1.78. The predicted molar refractivity (Wildman–Crippen MR) is 229 cm³/mol. The van der Waals surface area contributed by atoms with Crippen LogP contribution in [0.5, 0.6) is 0 Å². The third-order valence-electron chi connectivity index (χ3n) is 9.42. The third kappa shape index (κ3) is 8.30. The van der Waals surface area contributed by atoms with Crippen molar-refractivity contribution < 1.29 is 31.4 Å². The third-order valence-corrected chi connectivity index (χ3v) is 11.4. The van der Waals surface area contributed by atoms with Gasteiger partial charge in [-0.15, -0.1) is 53.6 Å². The van der Waals surface area contributed by atoms with Crippen LogP contribution in [0.3, 0.4) is 0 Å². The Morgan fingerprint density at radius 2 is 1.67 bits per heavy atom. The molecule has 0 unspecified atom stereocenters. The van der Waals surface area contributed by atoms with E-state index < -0.39 is 21.3 Å². The second-order valence-electron chi connectivity index (χ2n) is 16.2. The zero-order valence-electron chi connectivity index (χ0n) is 37.9. The maximum absolute atomic E-state index is 8.59. The summed E-state index contributed by atoms with van der Waals surface area (Å²) in [5.74, 6) is 0.643. The molecule has 0 bridgehead atoms. The number of pyridine rings is 2. The van der Waals surface area contributed by atoms with Gasteiger partial charge in [0.25, 0.3) is 0 Å². The van der Waals surface area contributed by atoms with Crippen molar-refractivity contribution in [3.05, 3.63) is 138 Å². The molecule has 7 heteroatoms. The molecule has 4 aromatic heterocycles. The minimum absolute atomic E-state index is 0. The van der Waals surface area contributed by atoms with Crippen LogP contribution in [0.15, 0.2) is 108 Å². The molecule has 55 heavy (non-hydrogen) atoms. The van der Waals surface area contributed by atoms with E-state index in [-0.39, 0.29) is 37.0 Å². The summed E-state index contributed by atoms with van der Waals surface area (Å²) in [6.45, 7) is 16.8. The minimum Gasteiger partial charge on any atom is -0.486 e. The first-order chi connectivity index (χ1) is 27.7. The molecule has 5 nitrogen and oxygen atoms in total. The number of aromatic nitrogens is 4. The van der Waals surface area contributed by atoms with Crippen LogP contribution in [0.4, 0.5) is 0 Å². The van der Waals surface area contributed by atoms with E-state index in [1.807, 2.05) is 51.1 Å². The van der Waals surface area contributed by atoms with Crippen molar-refractivity contribution in [3.8, 4) is 28.3 Å². The van der Waals surface area contributed by atoms with Gasteiger partial charge in [0.15, 0.2) is 0 Å². The Hall–Kier alpha value is -4.68. The first-order valence-electron chi connectivity index (χ1n) is 21.0. The number of hydrogen-bond acceptors (Lipinski definition) is 4. The van der Waals surface area contributed by atoms with E-state index in [1.54, 1.807) is 18.3 Å². The number of rotatable bonds is 6. The summed E-state index contributed by atoms with van der Waals surface area (Å²) in [6, 6.07) is 37.8. The fourth-order valence-corrected chi connectivity index (χ4v) is 8.24. The van der Waals surface area contributed by atoms with Gasteiger partial charge < -0.3 is 14.0 Å². The van der Waals surface area contributed by atoms with E-state index in [1.165, 1.54) is 11.6 Å². The average molecular weight is 924 g/mol. The normalized spacial score (nSPS) is 13.7. The maximum atomic E-state index is 8.59. The Labute approximate surface area is 347 Å². The van der Waals surface area contributed by atoms with Crippen LogP contribution >= 0.6 is 0 Å². The molecule has 0 atom stereocenters. The molecule has 8 aromatic rings. The van der Waals surface area contributed by atoms with Crippen molar-refractivity contribution in [2.75, 3.05) is 0 Å². The van der Waals surface area contributed by atoms with Gasteiger partial charge in [0.2, 0.25) is 5.71 Å². The van der Waals surface area contributed by atoms with Crippen LogP contribution in [0, 0.1) is 31.8 Å². The molecule has 8 rings (SSSR count). The standard InChI is InChI=1S/C29H24N3O.C19H26NSi.Ir/c1-18-16-17-20-19-10-9-11-21(26(19)33-28(20)30-18)27-31-23-13-6-8-15-25(23)32(27)24-14-7-5-12-22(24)29(2,3)4;1-14(2)11-17-12-18(16-9-7-15(3)8-10-16)20-13-19(17)21(4,5)6;/h5-10,12-17H,1-4H3;7-9,12-14H,11H2,1-6H3;/q2*-1;/i;3D3,11D2;. The summed E-state index contributed by atoms with van der Waals surface area (Å²) in [4.78, 5) is 14.2. The van der Waals surface area contributed by atoms with Gasteiger partial charge in [-0.3, -0.25) is 4.98 Å². The molecule has 4 aromatic carbocycles. The summed E-state index contributed by atoms with van der Waals surface area (Å²) < 4.78 is 48.1. The molecule has 0 spiro atoms. The molecule has 0 amide bonds. The van der Waals surface area contributed by atoms with E-state index in [0.717, 1.165) is 55.3 Å². The number of para-hydroxylation sites is 3. The van der Waals surface area contributed by atoms with Gasteiger partial charge in [-0.05, 0) is 71.4 Å². The van der Waals surface area contributed by atoms with Crippen LogP contribution in [-0.4, -0.2) is 27.6 Å². The molecule has 0 N–H and O–H groups in total. The van der Waals surface area contributed by atoms with Gasteiger partial charge in [-0.25, -0.2) is 4.98 Å². The Morgan fingerprint density at radius 3 is 2.38 bits per heavy atom. The first kappa shape index (κ1) is 33.6. The summed E-state index contributed by atoms with van der Waals surface area (Å²) in [6.07, 6.45) is 0.328. The summed E-state index contributed by atoms with van der Waals surface area (Å²) >= 11 is 0. The number of furan rings is 1. The Balaban J connectivity index is 0.000000204. The van der Waals surface area contributed by atoms with E-state index >= 15 is 0 Å². The Kier molecular flexibility index (Phi) is 9.67. The van der Waals surface area contributed by atoms with Gasteiger partial charge in [-0.2, -0.15) is 0 Å². The molecule has 0 aliphatic rings. The quantitative estimate of drug-likeness (QED) is 0.123.